The van der Waals surface area contributed by atoms with Crippen molar-refractivity contribution >= 4 is 23.1 Å². The topological polar surface area (TPSA) is 54.9 Å². The van der Waals surface area contributed by atoms with Gasteiger partial charge in [0.15, 0.2) is 0 Å². The highest BCUT2D eigenvalue weighted by Crippen LogP contribution is 2.10. The zero-order chi connectivity index (χ0) is 11.5. The van der Waals surface area contributed by atoms with E-state index >= 15 is 0 Å². The van der Waals surface area contributed by atoms with Crippen molar-refractivity contribution < 1.29 is 9.18 Å². The van der Waals surface area contributed by atoms with E-state index in [0.29, 0.717) is 11.5 Å². The van der Waals surface area contributed by atoms with Gasteiger partial charge >= 0.3 is 0 Å². The van der Waals surface area contributed by atoms with E-state index in [1.54, 1.807) is 5.38 Å². The van der Waals surface area contributed by atoms with Gasteiger partial charge in [-0.25, -0.2) is 14.4 Å². The molecule has 2 aromatic heterocycles. The van der Waals surface area contributed by atoms with E-state index in [1.807, 2.05) is 6.92 Å². The number of nitrogens with zero attached hydrogens (tertiary/aromatic N) is 2. The first-order chi connectivity index (χ1) is 7.65. The minimum absolute atomic E-state index is 0.303. The van der Waals surface area contributed by atoms with E-state index in [0.717, 1.165) is 11.2 Å². The molecule has 82 valence electrons. The molecule has 0 spiro atoms. The summed E-state index contributed by atoms with van der Waals surface area (Å²) in [5, 5.41) is 5.00. The molecule has 0 bridgehead atoms. The number of thiazole rings is 1. The molecule has 2 rings (SSSR count). The number of carbonyl (C=O) groups is 1. The lowest BCUT2D eigenvalue weighted by molar-refractivity contribution is 0.102. The van der Waals surface area contributed by atoms with E-state index in [2.05, 4.69) is 15.3 Å². The maximum Gasteiger partial charge on any atom is 0.276 e. The molecule has 0 saturated carbocycles. The summed E-state index contributed by atoms with van der Waals surface area (Å²) in [6, 6.07) is 2.63. The molecular formula is C10H8FN3OS. The van der Waals surface area contributed by atoms with E-state index in [1.165, 1.54) is 23.5 Å². The number of hydrogen-bond donors (Lipinski definition) is 1. The van der Waals surface area contributed by atoms with Crippen molar-refractivity contribution in [1.82, 2.24) is 9.97 Å². The SMILES string of the molecule is Cc1nc(C(=O)Nc2ccc(F)cn2)cs1. The standard InChI is InChI=1S/C10H8FN3OS/c1-6-13-8(5-16-6)10(15)14-9-3-2-7(11)4-12-9/h2-5H,1H3,(H,12,14,15). The van der Waals surface area contributed by atoms with Gasteiger partial charge < -0.3 is 5.32 Å². The van der Waals surface area contributed by atoms with Gasteiger partial charge in [0.1, 0.15) is 17.3 Å². The van der Waals surface area contributed by atoms with Gasteiger partial charge in [-0.1, -0.05) is 0 Å². The molecule has 1 amide bonds. The van der Waals surface area contributed by atoms with E-state index < -0.39 is 5.82 Å². The minimum atomic E-state index is -0.442. The molecule has 0 fully saturated rings. The number of halogens is 1. The zero-order valence-electron chi connectivity index (χ0n) is 8.40. The smallest absolute Gasteiger partial charge is 0.276 e. The van der Waals surface area contributed by atoms with Crippen molar-refractivity contribution in [3.05, 3.63) is 40.2 Å². The molecule has 0 saturated heterocycles. The number of aromatic nitrogens is 2. The fraction of sp³-hybridized carbons (Fsp3) is 0.100. The van der Waals surface area contributed by atoms with Crippen LogP contribution in [0.15, 0.2) is 23.7 Å². The van der Waals surface area contributed by atoms with Crippen molar-refractivity contribution in [3.8, 4) is 0 Å². The third kappa shape index (κ3) is 2.40. The van der Waals surface area contributed by atoms with Gasteiger partial charge in [0, 0.05) is 5.38 Å². The number of anilines is 1. The second kappa shape index (κ2) is 4.36. The lowest BCUT2D eigenvalue weighted by Crippen LogP contribution is -2.13. The van der Waals surface area contributed by atoms with Crippen LogP contribution in [0.25, 0.3) is 0 Å². The Bertz CT molecular complexity index is 509. The Hall–Kier alpha value is -1.82. The summed E-state index contributed by atoms with van der Waals surface area (Å²) in [5.41, 5.74) is 0.341. The highest BCUT2D eigenvalue weighted by atomic mass is 32.1. The Labute approximate surface area is 95.2 Å². The van der Waals surface area contributed by atoms with Crippen LogP contribution in [0, 0.1) is 12.7 Å². The first-order valence-electron chi connectivity index (χ1n) is 4.50. The van der Waals surface area contributed by atoms with Crippen molar-refractivity contribution in [1.29, 1.82) is 0 Å². The van der Waals surface area contributed by atoms with Crippen molar-refractivity contribution in [3.63, 3.8) is 0 Å². The number of aryl methyl sites for hydroxylation is 1. The Morgan fingerprint density at radius 2 is 2.31 bits per heavy atom. The van der Waals surface area contributed by atoms with Gasteiger partial charge in [-0.2, -0.15) is 0 Å². The van der Waals surface area contributed by atoms with Gasteiger partial charge in [-0.05, 0) is 19.1 Å². The van der Waals surface area contributed by atoms with Crippen molar-refractivity contribution in [2.75, 3.05) is 5.32 Å². The summed E-state index contributed by atoms with van der Waals surface area (Å²) < 4.78 is 12.6. The van der Waals surface area contributed by atoms with Gasteiger partial charge in [0.2, 0.25) is 0 Å². The maximum atomic E-state index is 12.6. The van der Waals surface area contributed by atoms with Gasteiger partial charge in [0.05, 0.1) is 11.2 Å². The van der Waals surface area contributed by atoms with Gasteiger partial charge in [-0.3, -0.25) is 4.79 Å². The Kier molecular flexibility index (Phi) is 2.91. The number of amides is 1. The lowest BCUT2D eigenvalue weighted by atomic mass is 10.4. The highest BCUT2D eigenvalue weighted by Gasteiger charge is 2.09. The molecular weight excluding hydrogens is 229 g/mol. The molecule has 0 aromatic carbocycles. The van der Waals surface area contributed by atoms with Crippen LogP contribution in [0.2, 0.25) is 0 Å². The summed E-state index contributed by atoms with van der Waals surface area (Å²) in [5.74, 6) is -0.483. The normalized spacial score (nSPS) is 10.1. The predicted molar refractivity (Wildman–Crippen MR) is 59.0 cm³/mol. The molecule has 0 unspecified atom stereocenters. The summed E-state index contributed by atoms with van der Waals surface area (Å²) in [7, 11) is 0. The molecule has 0 aliphatic rings. The minimum Gasteiger partial charge on any atom is -0.305 e. The van der Waals surface area contributed by atoms with E-state index in [9.17, 15) is 9.18 Å². The van der Waals surface area contributed by atoms with Crippen LogP contribution in [0.1, 0.15) is 15.5 Å². The van der Waals surface area contributed by atoms with Crippen LogP contribution in [0.3, 0.4) is 0 Å². The van der Waals surface area contributed by atoms with Crippen LogP contribution in [0.4, 0.5) is 10.2 Å². The highest BCUT2D eigenvalue weighted by molar-refractivity contribution is 7.09. The Morgan fingerprint density at radius 1 is 1.50 bits per heavy atom. The van der Waals surface area contributed by atoms with Crippen LogP contribution in [-0.4, -0.2) is 15.9 Å². The second-order valence-electron chi connectivity index (χ2n) is 3.07. The molecule has 1 N–H and O–H groups in total. The maximum absolute atomic E-state index is 12.6. The summed E-state index contributed by atoms with van der Waals surface area (Å²) in [4.78, 5) is 19.4. The largest absolute Gasteiger partial charge is 0.305 e. The third-order valence-corrected chi connectivity index (χ3v) is 2.59. The average Bonchev–Trinajstić information content (AvgIpc) is 2.68. The van der Waals surface area contributed by atoms with Crippen molar-refractivity contribution in [2.45, 2.75) is 6.92 Å². The fourth-order valence-corrected chi connectivity index (χ4v) is 1.69. The number of carbonyl (C=O) groups excluding carboxylic acids is 1. The van der Waals surface area contributed by atoms with E-state index in [4.69, 9.17) is 0 Å². The van der Waals surface area contributed by atoms with E-state index in [-0.39, 0.29) is 5.91 Å². The quantitative estimate of drug-likeness (QED) is 0.871. The first-order valence-corrected chi connectivity index (χ1v) is 5.38. The molecule has 6 heteroatoms. The summed E-state index contributed by atoms with van der Waals surface area (Å²) in [6.45, 7) is 1.82. The van der Waals surface area contributed by atoms with Gasteiger partial charge in [-0.15, -0.1) is 11.3 Å². The average molecular weight is 237 g/mol. The molecule has 2 heterocycles. The Balaban J connectivity index is 2.10. The number of rotatable bonds is 2. The third-order valence-electron chi connectivity index (χ3n) is 1.82. The fourth-order valence-electron chi connectivity index (χ4n) is 1.10. The second-order valence-corrected chi connectivity index (χ2v) is 4.13. The van der Waals surface area contributed by atoms with Gasteiger partial charge in [0.25, 0.3) is 5.91 Å². The van der Waals surface area contributed by atoms with Crippen LogP contribution >= 0.6 is 11.3 Å². The molecule has 4 nitrogen and oxygen atoms in total. The molecule has 0 aliphatic carbocycles. The number of nitrogens with one attached hydrogen (secondary N) is 1. The van der Waals surface area contributed by atoms with Crippen molar-refractivity contribution in [2.24, 2.45) is 0 Å². The van der Waals surface area contributed by atoms with Crippen LogP contribution in [-0.2, 0) is 0 Å². The molecule has 0 aliphatic heterocycles. The Morgan fingerprint density at radius 3 is 2.88 bits per heavy atom. The summed E-state index contributed by atoms with van der Waals surface area (Å²) >= 11 is 1.39. The lowest BCUT2D eigenvalue weighted by Gasteiger charge is -2.00. The van der Waals surface area contributed by atoms with Crippen LogP contribution < -0.4 is 5.32 Å². The molecule has 0 radical (unpaired) electrons. The number of pyridine rings is 1. The summed E-state index contributed by atoms with van der Waals surface area (Å²) in [6.07, 6.45) is 1.04. The molecule has 0 atom stereocenters. The zero-order valence-corrected chi connectivity index (χ0v) is 9.21. The molecule has 16 heavy (non-hydrogen) atoms. The molecule has 2 aromatic rings. The first kappa shape index (κ1) is 10.7. The van der Waals surface area contributed by atoms with Crippen LogP contribution in [0.5, 0.6) is 0 Å². The monoisotopic (exact) mass is 237 g/mol. The number of hydrogen-bond acceptors (Lipinski definition) is 4. The predicted octanol–water partition coefficient (Wildman–Crippen LogP) is 2.24.